The molecular formula is C132H81N9O3. The van der Waals surface area contributed by atoms with E-state index in [9.17, 15) is 0 Å². The van der Waals surface area contributed by atoms with Crippen LogP contribution in [-0.2, 0) is 0 Å². The zero-order valence-electron chi connectivity index (χ0n) is 77.5. The number of hydrogen-bond acceptors (Lipinski definition) is 9. The molecular weight excluding hydrogens is 1760 g/mol. The molecule has 30 rings (SSSR count). The van der Waals surface area contributed by atoms with Gasteiger partial charge < -0.3 is 27.0 Å². The molecule has 0 radical (unpaired) electrons. The van der Waals surface area contributed by atoms with Crippen LogP contribution in [0.5, 0.6) is 0 Å². The van der Waals surface area contributed by atoms with Crippen molar-refractivity contribution in [2.45, 2.75) is 0 Å². The summed E-state index contributed by atoms with van der Waals surface area (Å²) in [6.07, 6.45) is 0. The normalized spacial score (nSPS) is 11.8. The summed E-state index contributed by atoms with van der Waals surface area (Å²) in [6.45, 7) is 0. The molecule has 0 aliphatic carbocycles. The smallest absolute Gasteiger partial charge is 0.161 e. The first kappa shape index (κ1) is 82.7. The molecule has 9 aromatic heterocycles. The predicted octanol–water partition coefficient (Wildman–Crippen LogP) is 34.9. The van der Waals surface area contributed by atoms with E-state index in [4.69, 9.17) is 43.2 Å². The molecule has 0 bridgehead atoms. The molecule has 12 heteroatoms. The minimum absolute atomic E-state index is 0.681. The molecule has 672 valence electrons. The highest BCUT2D eigenvalue weighted by molar-refractivity contribution is 6.20. The lowest BCUT2D eigenvalue weighted by molar-refractivity contribution is 0.668. The first-order valence-corrected chi connectivity index (χ1v) is 48.5. The van der Waals surface area contributed by atoms with Crippen LogP contribution >= 0.6 is 0 Å². The molecule has 0 saturated heterocycles. The standard InChI is InChI=1S/3C44H27N3O/c1-3-13-28(14-4-1)31-19-11-23-38-41(31)33-18-8-10-22-37(33)47(38)30-25-26-34-40(27-30)48-39-24-12-20-35(42(34)39)44-45-36-21-9-7-17-32(36)43(46-44)29-15-5-2-6-16-29;1-3-12-28(13-4-1)30-22-25-39-36(26-30)32-16-8-10-20-38(32)47(39)31-23-24-34-41(27-31)48-40-21-11-18-35(42(34)40)44-45-37-19-9-7-17-33(37)43(46-44)29-14-5-2-6-15-29;1-3-12-28(13-4-1)30-22-24-33-32-16-8-10-20-38(32)47(39(33)26-30)31-23-25-35-41(27-31)48-40-21-11-18-36(42(35)40)44-45-37-19-9-7-17-34(37)43(46-44)29-14-5-2-6-15-29/h3*1-27H. The molecule has 0 amide bonds. The van der Waals surface area contributed by atoms with Crippen molar-refractivity contribution in [3.63, 3.8) is 0 Å². The van der Waals surface area contributed by atoms with Crippen LogP contribution in [0, 0.1) is 0 Å². The third-order valence-electron chi connectivity index (χ3n) is 28.2. The maximum atomic E-state index is 6.60. The Morgan fingerprint density at radius 1 is 0.146 bits per heavy atom. The van der Waals surface area contributed by atoms with Crippen LogP contribution in [-0.4, -0.2) is 43.6 Å². The summed E-state index contributed by atoms with van der Waals surface area (Å²) >= 11 is 0. The Morgan fingerprint density at radius 3 is 0.861 bits per heavy atom. The Balaban J connectivity index is 0.000000105. The second-order valence-electron chi connectivity index (χ2n) is 36.5. The van der Waals surface area contributed by atoms with Gasteiger partial charge in [-0.3, -0.25) is 0 Å². The SMILES string of the molecule is c1ccc(-c2ccc3c(c2)c2ccccc2n3-c2ccc3c(c2)oc2cccc(-c4nc(-c5ccccc5)c5ccccc5n4)c23)cc1.c1ccc(-c2ccc3c4ccccc4n(-c4ccc5c(c4)oc4cccc(-c6nc(-c7ccccc7)c7ccccc7n6)c45)c3c2)cc1.c1ccc(-c2nc(-c3cccc4oc5cc(-n6c7ccccc7c7c(-c8ccccc8)cccc76)ccc5c34)nc3ccccc23)cc1. The molecule has 0 aliphatic heterocycles. The Morgan fingerprint density at radius 2 is 0.438 bits per heavy atom. The van der Waals surface area contributed by atoms with E-state index >= 15 is 0 Å². The summed E-state index contributed by atoms with van der Waals surface area (Å²) in [7, 11) is 0. The lowest BCUT2D eigenvalue weighted by Gasteiger charge is -2.10. The molecule has 0 saturated carbocycles. The van der Waals surface area contributed by atoms with Gasteiger partial charge in [-0.05, 0) is 149 Å². The summed E-state index contributed by atoms with van der Waals surface area (Å²) in [4.78, 5) is 30.7. The zero-order valence-corrected chi connectivity index (χ0v) is 77.5. The lowest BCUT2D eigenvalue weighted by atomic mass is 9.99. The van der Waals surface area contributed by atoms with Crippen molar-refractivity contribution >= 4 is 164 Å². The van der Waals surface area contributed by atoms with Crippen molar-refractivity contribution in [1.82, 2.24) is 43.6 Å². The van der Waals surface area contributed by atoms with Crippen LogP contribution in [0.3, 0.4) is 0 Å². The van der Waals surface area contributed by atoms with E-state index in [0.29, 0.717) is 17.5 Å². The lowest BCUT2D eigenvalue weighted by Crippen LogP contribution is -1.95. The number of para-hydroxylation sites is 6. The van der Waals surface area contributed by atoms with Crippen LogP contribution in [0.2, 0.25) is 0 Å². The number of hydrogen-bond donors (Lipinski definition) is 0. The molecule has 9 heterocycles. The summed E-state index contributed by atoms with van der Waals surface area (Å²) in [5.74, 6) is 2.04. The van der Waals surface area contributed by atoms with E-state index in [1.165, 1.54) is 65.7 Å². The number of rotatable bonds is 12. The van der Waals surface area contributed by atoms with E-state index in [1.807, 2.05) is 127 Å². The summed E-state index contributed by atoms with van der Waals surface area (Å²) < 4.78 is 26.8. The van der Waals surface area contributed by atoms with Crippen molar-refractivity contribution in [3.8, 4) is 118 Å². The number of nitrogens with zero attached hydrogens (tertiary/aromatic N) is 9. The molecule has 0 aliphatic rings. The van der Waals surface area contributed by atoms with E-state index in [1.54, 1.807) is 0 Å². The Labute approximate surface area is 824 Å². The minimum Gasteiger partial charge on any atom is -0.456 e. The van der Waals surface area contributed by atoms with Crippen molar-refractivity contribution in [1.29, 1.82) is 0 Å². The minimum atomic E-state index is 0.681. The molecule has 0 atom stereocenters. The van der Waals surface area contributed by atoms with Gasteiger partial charge in [0.25, 0.3) is 0 Å². The van der Waals surface area contributed by atoms with Gasteiger partial charge in [0, 0.05) is 149 Å². The van der Waals surface area contributed by atoms with E-state index < -0.39 is 0 Å². The van der Waals surface area contributed by atoms with Crippen LogP contribution in [0.25, 0.3) is 282 Å². The molecule has 0 fully saturated rings. The van der Waals surface area contributed by atoms with Gasteiger partial charge in [0.2, 0.25) is 0 Å². The summed E-state index contributed by atoms with van der Waals surface area (Å²) in [5.41, 5.74) is 33.8. The Hall–Kier alpha value is -19.6. The highest BCUT2D eigenvalue weighted by Gasteiger charge is 2.27. The van der Waals surface area contributed by atoms with E-state index in [2.05, 4.69) is 378 Å². The van der Waals surface area contributed by atoms with E-state index in [0.717, 1.165) is 199 Å². The number of aromatic nitrogens is 9. The quantitative estimate of drug-likeness (QED) is 0.117. The van der Waals surface area contributed by atoms with Crippen molar-refractivity contribution in [2.75, 3.05) is 0 Å². The summed E-state index contributed by atoms with van der Waals surface area (Å²) in [5, 5.41) is 16.6. The van der Waals surface area contributed by atoms with Gasteiger partial charge in [-0.1, -0.05) is 358 Å². The number of fused-ring (bicyclic) bond motifs is 21. The monoisotopic (exact) mass is 1840 g/mol. The van der Waals surface area contributed by atoms with Crippen LogP contribution < -0.4 is 0 Å². The van der Waals surface area contributed by atoms with Gasteiger partial charge in [0.1, 0.15) is 33.5 Å². The van der Waals surface area contributed by atoms with Crippen molar-refractivity contribution < 1.29 is 13.3 Å². The van der Waals surface area contributed by atoms with Crippen molar-refractivity contribution in [3.05, 3.63) is 491 Å². The Kier molecular flexibility index (Phi) is 19.7. The second-order valence-corrected chi connectivity index (χ2v) is 36.5. The number of furan rings is 3. The van der Waals surface area contributed by atoms with Crippen LogP contribution in [0.15, 0.2) is 505 Å². The fraction of sp³-hybridized carbons (Fsp3) is 0. The fourth-order valence-corrected chi connectivity index (χ4v) is 21.7. The first-order chi connectivity index (χ1) is 71.4. The van der Waals surface area contributed by atoms with Gasteiger partial charge in [-0.2, -0.15) is 0 Å². The molecule has 12 nitrogen and oxygen atoms in total. The highest BCUT2D eigenvalue weighted by Crippen LogP contribution is 2.48. The molecule has 0 N–H and O–H groups in total. The number of benzene rings is 21. The average Bonchev–Trinajstić information content (AvgIpc) is 1.58. The first-order valence-electron chi connectivity index (χ1n) is 48.5. The largest absolute Gasteiger partial charge is 0.456 e. The van der Waals surface area contributed by atoms with Gasteiger partial charge in [0.05, 0.1) is 66.7 Å². The fourth-order valence-electron chi connectivity index (χ4n) is 21.7. The van der Waals surface area contributed by atoms with Gasteiger partial charge >= 0.3 is 0 Å². The van der Waals surface area contributed by atoms with Gasteiger partial charge in [-0.25, -0.2) is 29.9 Å². The summed E-state index contributed by atoms with van der Waals surface area (Å²) in [6, 6.07) is 171. The van der Waals surface area contributed by atoms with Gasteiger partial charge in [0.15, 0.2) is 17.5 Å². The molecule has 0 spiro atoms. The van der Waals surface area contributed by atoms with Crippen molar-refractivity contribution in [2.24, 2.45) is 0 Å². The highest BCUT2D eigenvalue weighted by atomic mass is 16.3. The predicted molar refractivity (Wildman–Crippen MR) is 592 cm³/mol. The third kappa shape index (κ3) is 14.0. The molecule has 144 heavy (non-hydrogen) atoms. The average molecular weight is 1840 g/mol. The topological polar surface area (TPSA) is 132 Å². The molecule has 0 unspecified atom stereocenters. The molecule has 30 aromatic rings. The van der Waals surface area contributed by atoms with Crippen LogP contribution in [0.1, 0.15) is 0 Å². The maximum Gasteiger partial charge on any atom is 0.161 e. The van der Waals surface area contributed by atoms with Gasteiger partial charge in [-0.15, -0.1) is 0 Å². The Bertz CT molecular complexity index is 10100. The second kappa shape index (κ2) is 34.3. The third-order valence-corrected chi connectivity index (χ3v) is 28.2. The van der Waals surface area contributed by atoms with Crippen LogP contribution in [0.4, 0.5) is 0 Å². The maximum absolute atomic E-state index is 6.60. The van der Waals surface area contributed by atoms with E-state index in [-0.39, 0.29) is 0 Å². The molecule has 21 aromatic carbocycles. The zero-order chi connectivity index (χ0) is 94.8.